The van der Waals surface area contributed by atoms with Gasteiger partial charge in [0.2, 0.25) is 0 Å². The Balaban J connectivity index is 1.92. The number of hydrogen-bond acceptors (Lipinski definition) is 4. The molecule has 1 fully saturated rings. The monoisotopic (exact) mass is 271 g/mol. The molecule has 2 aromatic rings. The molecule has 0 atom stereocenters. The largest absolute Gasteiger partial charge is 0.467 e. The Kier molecular flexibility index (Phi) is 3.74. The van der Waals surface area contributed by atoms with Gasteiger partial charge in [0, 0.05) is 35.7 Å². The van der Waals surface area contributed by atoms with Crippen molar-refractivity contribution in [2.24, 2.45) is 0 Å². The van der Waals surface area contributed by atoms with Crippen molar-refractivity contribution in [1.29, 1.82) is 0 Å². The molecule has 0 amide bonds. The van der Waals surface area contributed by atoms with Crippen LogP contribution in [0.3, 0.4) is 0 Å². The van der Waals surface area contributed by atoms with Gasteiger partial charge in [0.25, 0.3) is 0 Å². The number of nitrogens with one attached hydrogen (secondary N) is 1. The van der Waals surface area contributed by atoms with E-state index in [1.165, 1.54) is 24.1 Å². The molecule has 3 rings (SSSR count). The maximum Gasteiger partial charge on any atom is 0.123 e. The molecule has 0 unspecified atom stereocenters. The molecule has 0 aliphatic heterocycles. The van der Waals surface area contributed by atoms with Crippen molar-refractivity contribution in [3.8, 4) is 0 Å². The van der Waals surface area contributed by atoms with Crippen molar-refractivity contribution < 1.29 is 4.42 Å². The number of anilines is 1. The fourth-order valence-corrected chi connectivity index (χ4v) is 2.54. The van der Waals surface area contributed by atoms with Crippen molar-refractivity contribution in [3.05, 3.63) is 47.7 Å². The van der Waals surface area contributed by atoms with Crippen molar-refractivity contribution in [2.75, 3.05) is 11.9 Å². The fourth-order valence-electron chi connectivity index (χ4n) is 2.54. The molecule has 1 aliphatic rings. The Morgan fingerprint density at radius 2 is 2.30 bits per heavy atom. The van der Waals surface area contributed by atoms with Crippen LogP contribution in [0.5, 0.6) is 0 Å². The smallest absolute Gasteiger partial charge is 0.123 e. The maximum atomic E-state index is 5.52. The minimum absolute atomic E-state index is 0.637. The average molecular weight is 271 g/mol. The number of pyridine rings is 1. The second kappa shape index (κ2) is 5.67. The van der Waals surface area contributed by atoms with Gasteiger partial charge in [0.05, 0.1) is 12.8 Å². The van der Waals surface area contributed by atoms with Crippen LogP contribution in [0.15, 0.2) is 35.1 Å². The van der Waals surface area contributed by atoms with Gasteiger partial charge < -0.3 is 14.6 Å². The third-order valence-electron chi connectivity index (χ3n) is 3.67. The summed E-state index contributed by atoms with van der Waals surface area (Å²) in [5, 5.41) is 3.23. The predicted octanol–water partition coefficient (Wildman–Crippen LogP) is 2.87. The average Bonchev–Trinajstić information content (AvgIpc) is 3.15. The first-order valence-corrected chi connectivity index (χ1v) is 7.17. The molecule has 0 spiro atoms. The number of aromatic nitrogens is 1. The van der Waals surface area contributed by atoms with Gasteiger partial charge in [-0.2, -0.15) is 0 Å². The molecule has 20 heavy (non-hydrogen) atoms. The van der Waals surface area contributed by atoms with Crippen LogP contribution in [0.1, 0.15) is 29.9 Å². The summed E-state index contributed by atoms with van der Waals surface area (Å²) >= 11 is 0. The molecule has 0 saturated heterocycles. The van der Waals surface area contributed by atoms with Gasteiger partial charge in [-0.15, -0.1) is 0 Å². The number of aryl methyl sites for hydroxylation is 1. The molecule has 0 aromatic carbocycles. The van der Waals surface area contributed by atoms with E-state index in [-0.39, 0.29) is 0 Å². The molecule has 2 heterocycles. The minimum atomic E-state index is 0.637. The van der Waals surface area contributed by atoms with Crippen LogP contribution < -0.4 is 10.2 Å². The van der Waals surface area contributed by atoms with E-state index in [1.807, 2.05) is 32.3 Å². The van der Waals surface area contributed by atoms with Gasteiger partial charge in [-0.3, -0.25) is 4.98 Å². The highest BCUT2D eigenvalue weighted by Crippen LogP contribution is 2.35. The Bertz CT molecular complexity index is 561. The van der Waals surface area contributed by atoms with Crippen molar-refractivity contribution in [1.82, 2.24) is 10.3 Å². The van der Waals surface area contributed by atoms with Crippen molar-refractivity contribution in [3.63, 3.8) is 0 Å². The van der Waals surface area contributed by atoms with E-state index in [2.05, 4.69) is 21.3 Å². The van der Waals surface area contributed by atoms with Crippen molar-refractivity contribution >= 4 is 5.69 Å². The topological polar surface area (TPSA) is 41.3 Å². The van der Waals surface area contributed by atoms with Crippen molar-refractivity contribution in [2.45, 2.75) is 38.9 Å². The summed E-state index contributed by atoms with van der Waals surface area (Å²) in [6.07, 6.45) is 6.26. The number of rotatable bonds is 6. The molecular formula is C16H21N3O. The lowest BCUT2D eigenvalue weighted by Crippen LogP contribution is -2.27. The Hall–Kier alpha value is -1.81. The van der Waals surface area contributed by atoms with Crippen LogP contribution in [-0.2, 0) is 13.1 Å². The quantitative estimate of drug-likeness (QED) is 0.877. The molecular weight excluding hydrogens is 250 g/mol. The number of furan rings is 1. The highest BCUT2D eigenvalue weighted by molar-refractivity contribution is 5.55. The molecule has 0 radical (unpaired) electrons. The van der Waals surface area contributed by atoms with E-state index in [4.69, 9.17) is 4.42 Å². The van der Waals surface area contributed by atoms with E-state index in [0.29, 0.717) is 6.04 Å². The van der Waals surface area contributed by atoms with Crippen LogP contribution in [0.25, 0.3) is 0 Å². The van der Waals surface area contributed by atoms with Crippen LogP contribution in [0.4, 0.5) is 5.69 Å². The van der Waals surface area contributed by atoms with Gasteiger partial charge in [-0.05, 0) is 45.0 Å². The number of nitrogens with zero attached hydrogens (tertiary/aromatic N) is 2. The third-order valence-corrected chi connectivity index (χ3v) is 3.67. The minimum Gasteiger partial charge on any atom is -0.467 e. The predicted molar refractivity (Wildman–Crippen MR) is 79.7 cm³/mol. The lowest BCUT2D eigenvalue weighted by atomic mass is 10.1. The summed E-state index contributed by atoms with van der Waals surface area (Å²) in [6.45, 7) is 3.71. The molecule has 4 nitrogen and oxygen atoms in total. The third kappa shape index (κ3) is 2.85. The fraction of sp³-hybridized carbons (Fsp3) is 0.438. The molecule has 2 aromatic heterocycles. The summed E-state index contributed by atoms with van der Waals surface area (Å²) in [5.41, 5.74) is 3.59. The molecule has 1 saturated carbocycles. The summed E-state index contributed by atoms with van der Waals surface area (Å²) in [6, 6.07) is 6.82. The maximum absolute atomic E-state index is 5.52. The van der Waals surface area contributed by atoms with Crippen LogP contribution in [-0.4, -0.2) is 18.1 Å². The van der Waals surface area contributed by atoms with Gasteiger partial charge in [0.1, 0.15) is 5.76 Å². The first-order valence-electron chi connectivity index (χ1n) is 7.17. The zero-order chi connectivity index (χ0) is 13.9. The molecule has 4 heteroatoms. The first-order chi connectivity index (χ1) is 9.78. The van der Waals surface area contributed by atoms with E-state index >= 15 is 0 Å². The molecule has 1 N–H and O–H groups in total. The Morgan fingerprint density at radius 3 is 2.95 bits per heavy atom. The molecule has 0 bridgehead atoms. The zero-order valence-electron chi connectivity index (χ0n) is 12.1. The summed E-state index contributed by atoms with van der Waals surface area (Å²) in [7, 11) is 1.97. The second-order valence-electron chi connectivity index (χ2n) is 5.42. The molecule has 1 aliphatic carbocycles. The highest BCUT2D eigenvalue weighted by Gasteiger charge is 2.31. The van der Waals surface area contributed by atoms with E-state index < -0.39 is 0 Å². The normalized spacial score (nSPS) is 14.5. The van der Waals surface area contributed by atoms with Gasteiger partial charge >= 0.3 is 0 Å². The standard InChI is InChI=1S/C16H21N3O/c1-12-8-16(13(9-17-2)10-18-12)19(14-5-6-14)11-15-4-3-7-20-15/h3-4,7-8,10,14,17H,5-6,9,11H2,1-2H3. The van der Waals surface area contributed by atoms with Gasteiger partial charge in [-0.1, -0.05) is 0 Å². The Labute approximate surface area is 119 Å². The summed E-state index contributed by atoms with van der Waals surface area (Å²) in [5.74, 6) is 1.02. The van der Waals surface area contributed by atoms with Crippen LogP contribution in [0.2, 0.25) is 0 Å². The molecule has 106 valence electrons. The van der Waals surface area contributed by atoms with Gasteiger partial charge in [-0.25, -0.2) is 0 Å². The first kappa shape index (κ1) is 13.2. The van der Waals surface area contributed by atoms with Gasteiger partial charge in [0.15, 0.2) is 0 Å². The Morgan fingerprint density at radius 1 is 1.45 bits per heavy atom. The lowest BCUT2D eigenvalue weighted by Gasteiger charge is -2.26. The van der Waals surface area contributed by atoms with Crippen LogP contribution >= 0.6 is 0 Å². The zero-order valence-corrected chi connectivity index (χ0v) is 12.1. The summed E-state index contributed by atoms with van der Waals surface area (Å²) in [4.78, 5) is 6.89. The summed E-state index contributed by atoms with van der Waals surface area (Å²) < 4.78 is 5.52. The SMILES string of the molecule is CNCc1cnc(C)cc1N(Cc1ccco1)C1CC1. The number of hydrogen-bond donors (Lipinski definition) is 1. The van der Waals surface area contributed by atoms with E-state index in [0.717, 1.165) is 24.5 Å². The van der Waals surface area contributed by atoms with Crippen LogP contribution in [0, 0.1) is 6.92 Å². The second-order valence-corrected chi connectivity index (χ2v) is 5.42. The lowest BCUT2D eigenvalue weighted by molar-refractivity contribution is 0.500. The van der Waals surface area contributed by atoms with E-state index in [1.54, 1.807) is 6.26 Å². The van der Waals surface area contributed by atoms with E-state index in [9.17, 15) is 0 Å². The highest BCUT2D eigenvalue weighted by atomic mass is 16.3.